The van der Waals surface area contributed by atoms with E-state index in [1.807, 2.05) is 0 Å². The van der Waals surface area contributed by atoms with Crippen LogP contribution in [-0.4, -0.2) is 64.5 Å². The minimum Gasteiger partial charge on any atom is -0.481 e. The van der Waals surface area contributed by atoms with Crippen molar-refractivity contribution in [2.24, 2.45) is 79.8 Å². The molecule has 0 aromatic rings. The number of aliphatic carboxylic acids is 2. The Morgan fingerprint density at radius 1 is 0.768 bits per heavy atom. The van der Waals surface area contributed by atoms with Crippen LogP contribution < -0.4 is 0 Å². The number of rotatable bonds is 10. The number of hydrogen-bond donors (Lipinski definition) is 2. The van der Waals surface area contributed by atoms with Gasteiger partial charge in [0.1, 0.15) is 11.9 Å². The molecule has 0 bridgehead atoms. The Bertz CT molecular complexity index is 1590. The number of carboxylic acid groups (broad SMARTS) is 2. The molecule has 8 nitrogen and oxygen atoms in total. The van der Waals surface area contributed by atoms with Crippen molar-refractivity contribution in [3.63, 3.8) is 0 Å². The summed E-state index contributed by atoms with van der Waals surface area (Å²) in [4.78, 5) is 54.1. The topological polar surface area (TPSA) is 121 Å². The van der Waals surface area contributed by atoms with E-state index in [0.717, 1.165) is 103 Å². The molecule has 0 aromatic heterocycles. The summed E-state index contributed by atoms with van der Waals surface area (Å²) in [6, 6.07) is 0. The van der Waals surface area contributed by atoms with Gasteiger partial charge in [0, 0.05) is 23.3 Å². The van der Waals surface area contributed by atoms with E-state index < -0.39 is 23.3 Å². The van der Waals surface area contributed by atoms with Crippen molar-refractivity contribution >= 4 is 23.7 Å². The van der Waals surface area contributed by atoms with Crippen molar-refractivity contribution in [3.05, 3.63) is 12.2 Å². The van der Waals surface area contributed by atoms with Gasteiger partial charge in [-0.3, -0.25) is 19.2 Å². The first-order valence-corrected chi connectivity index (χ1v) is 22.7. The first-order chi connectivity index (χ1) is 26.1. The largest absolute Gasteiger partial charge is 0.481 e. The minimum absolute atomic E-state index is 0.114. The highest BCUT2D eigenvalue weighted by Crippen LogP contribution is 2.78. The zero-order valence-electron chi connectivity index (χ0n) is 36.2. The quantitative estimate of drug-likeness (QED) is 0.166. The summed E-state index contributed by atoms with van der Waals surface area (Å²) in [5.74, 6) is 1.25. The summed E-state index contributed by atoms with van der Waals surface area (Å²) >= 11 is 0. The summed E-state index contributed by atoms with van der Waals surface area (Å²) in [6.07, 6.45) is 14.9. The number of allylic oxidation sites excluding steroid dienone is 1. The molecule has 0 amide bonds. The van der Waals surface area contributed by atoms with E-state index in [1.165, 1.54) is 18.4 Å². The number of piperidine rings is 1. The van der Waals surface area contributed by atoms with Crippen LogP contribution in [0.15, 0.2) is 12.2 Å². The van der Waals surface area contributed by atoms with E-state index in [0.29, 0.717) is 41.3 Å². The van der Waals surface area contributed by atoms with Crippen molar-refractivity contribution in [1.29, 1.82) is 0 Å². The fraction of sp³-hybridized carbons (Fsp3) is 0.875. The smallest absolute Gasteiger partial charge is 0.309 e. The summed E-state index contributed by atoms with van der Waals surface area (Å²) in [6.45, 7) is 25.2. The molecular formula is C48H75NO7. The number of nitrogens with zero attached hydrogens (tertiary/aromatic N) is 1. The SMILES string of the molecule is C=C(C)[C@@H]1CC[C@]2(C(=O)[C@@H]3CC[C@H](CN4CCC(C(=O)O)CC4)C3)CC[C@]3(C)[C@H](CC[C@@H]4[C@@]5(C)CC[C@H](OC(=O)CC(C)(C)C(=O)O)C(C)(C)[C@@H]5CC[C@]43C)[C@@H]12. The zero-order valence-corrected chi connectivity index (χ0v) is 36.2. The number of likely N-dealkylation sites (tertiary alicyclic amines) is 1. The maximum Gasteiger partial charge on any atom is 0.309 e. The van der Waals surface area contributed by atoms with Crippen molar-refractivity contribution in [3.8, 4) is 0 Å². The van der Waals surface area contributed by atoms with Gasteiger partial charge in [-0.15, -0.1) is 0 Å². The number of carbonyl (C=O) groups excluding carboxylic acids is 2. The standard InChI is InChI=1S/C48H75NO7/c1-29(2)33-14-21-48(40(51)32-11-10-30(26-32)28-49-24-17-31(18-25-49)41(52)53)23-22-46(8)34(39(33)48)12-13-36-45(7)19-16-37(56-38(50)27-43(3,4)42(54)55)44(5,6)35(45)15-20-47(36,46)9/h30-37,39H,1,10-28H2,2-9H3,(H,52,53)(H,54,55)/t30-,32+,33-,34+,35-,36+,37-,39+,45-,46+,47+,48-/m0/s1. The predicted molar refractivity (Wildman–Crippen MR) is 218 cm³/mol. The molecule has 7 aliphatic rings. The van der Waals surface area contributed by atoms with Gasteiger partial charge in [0.05, 0.1) is 17.8 Å². The molecule has 56 heavy (non-hydrogen) atoms. The van der Waals surface area contributed by atoms with E-state index in [-0.39, 0.29) is 51.4 Å². The Morgan fingerprint density at radius 2 is 1.46 bits per heavy atom. The lowest BCUT2D eigenvalue weighted by Gasteiger charge is -2.73. The van der Waals surface area contributed by atoms with Crippen LogP contribution in [0.4, 0.5) is 0 Å². The van der Waals surface area contributed by atoms with Crippen LogP contribution in [0.25, 0.3) is 0 Å². The molecule has 12 atom stereocenters. The van der Waals surface area contributed by atoms with E-state index in [2.05, 4.69) is 53.0 Å². The molecule has 1 aliphatic heterocycles. The van der Waals surface area contributed by atoms with Gasteiger partial charge in [-0.2, -0.15) is 0 Å². The fourth-order valence-electron chi connectivity index (χ4n) is 16.0. The maximum absolute atomic E-state index is 15.2. The molecular weight excluding hydrogens is 703 g/mol. The Hall–Kier alpha value is -2.22. The van der Waals surface area contributed by atoms with Crippen LogP contribution in [0, 0.1) is 79.8 Å². The van der Waals surface area contributed by atoms with Crippen molar-refractivity contribution in [1.82, 2.24) is 4.90 Å². The first-order valence-electron chi connectivity index (χ1n) is 22.7. The summed E-state index contributed by atoms with van der Waals surface area (Å²) in [5, 5.41) is 19.1. The molecule has 0 radical (unpaired) electrons. The highest BCUT2D eigenvalue weighted by Gasteiger charge is 2.72. The summed E-state index contributed by atoms with van der Waals surface area (Å²) in [5.41, 5.74) is 0.0576. The molecule has 8 heteroatoms. The van der Waals surface area contributed by atoms with E-state index in [4.69, 9.17) is 4.74 Å². The number of Topliss-reactive ketones (excluding diaryl/α,β-unsaturated/α-hetero) is 1. The molecule has 1 saturated heterocycles. The van der Waals surface area contributed by atoms with Crippen molar-refractivity contribution < 1.29 is 34.1 Å². The van der Waals surface area contributed by atoms with Gasteiger partial charge in [0.25, 0.3) is 0 Å². The molecule has 0 spiro atoms. The molecule has 314 valence electrons. The third-order valence-electron chi connectivity index (χ3n) is 19.3. The number of carboxylic acids is 2. The molecule has 0 aromatic carbocycles. The lowest BCUT2D eigenvalue weighted by Crippen LogP contribution is -2.67. The lowest BCUT2D eigenvalue weighted by atomic mass is 9.32. The fourth-order valence-corrected chi connectivity index (χ4v) is 16.0. The van der Waals surface area contributed by atoms with Gasteiger partial charge < -0.3 is 19.8 Å². The van der Waals surface area contributed by atoms with Crippen LogP contribution in [0.2, 0.25) is 0 Å². The first kappa shape index (κ1) is 41.9. The van der Waals surface area contributed by atoms with Crippen LogP contribution in [0.5, 0.6) is 0 Å². The zero-order chi connectivity index (χ0) is 40.8. The van der Waals surface area contributed by atoms with Crippen molar-refractivity contribution in [2.75, 3.05) is 19.6 Å². The Balaban J connectivity index is 1.08. The van der Waals surface area contributed by atoms with Gasteiger partial charge in [-0.25, -0.2) is 0 Å². The number of hydrogen-bond acceptors (Lipinski definition) is 6. The highest BCUT2D eigenvalue weighted by molar-refractivity contribution is 5.88. The maximum atomic E-state index is 15.2. The van der Waals surface area contributed by atoms with Gasteiger partial charge in [-0.05, 0) is 182 Å². The lowest BCUT2D eigenvalue weighted by molar-refractivity contribution is -0.249. The Labute approximate surface area is 337 Å². The number of esters is 1. The molecule has 2 N–H and O–H groups in total. The van der Waals surface area contributed by atoms with Crippen LogP contribution in [-0.2, 0) is 23.9 Å². The van der Waals surface area contributed by atoms with E-state index >= 15 is 4.79 Å². The average molecular weight is 778 g/mol. The monoisotopic (exact) mass is 778 g/mol. The van der Waals surface area contributed by atoms with Crippen LogP contribution in [0.1, 0.15) is 158 Å². The van der Waals surface area contributed by atoms with Crippen LogP contribution in [0.3, 0.4) is 0 Å². The summed E-state index contributed by atoms with van der Waals surface area (Å²) < 4.78 is 6.20. The Morgan fingerprint density at radius 3 is 2.11 bits per heavy atom. The van der Waals surface area contributed by atoms with Gasteiger partial charge in [-0.1, -0.05) is 46.8 Å². The van der Waals surface area contributed by atoms with Gasteiger partial charge in [0.2, 0.25) is 0 Å². The van der Waals surface area contributed by atoms with E-state index in [9.17, 15) is 24.6 Å². The second kappa shape index (κ2) is 14.5. The predicted octanol–water partition coefficient (Wildman–Crippen LogP) is 9.84. The summed E-state index contributed by atoms with van der Waals surface area (Å²) in [7, 11) is 0. The molecule has 7 fully saturated rings. The molecule has 6 saturated carbocycles. The van der Waals surface area contributed by atoms with Gasteiger partial charge in [0.15, 0.2) is 0 Å². The third-order valence-corrected chi connectivity index (χ3v) is 19.3. The minimum atomic E-state index is -1.15. The second-order valence-electron chi connectivity index (χ2n) is 22.7. The number of carbonyl (C=O) groups is 4. The average Bonchev–Trinajstić information content (AvgIpc) is 3.75. The molecule has 6 aliphatic carbocycles. The van der Waals surface area contributed by atoms with Gasteiger partial charge >= 0.3 is 17.9 Å². The van der Waals surface area contributed by atoms with E-state index in [1.54, 1.807) is 13.8 Å². The molecule has 1 heterocycles. The third kappa shape index (κ3) is 6.55. The number of ketones is 1. The second-order valence-corrected chi connectivity index (χ2v) is 22.7. The molecule has 7 rings (SSSR count). The molecule has 0 unspecified atom stereocenters. The normalized spacial score (nSPS) is 43.8. The van der Waals surface area contributed by atoms with Crippen LogP contribution >= 0.6 is 0 Å². The number of ether oxygens (including phenoxy) is 1. The highest BCUT2D eigenvalue weighted by atomic mass is 16.5. The van der Waals surface area contributed by atoms with Crippen molar-refractivity contribution in [2.45, 2.75) is 164 Å². The number of fused-ring (bicyclic) bond motifs is 7. The Kier molecular flexibility index (Phi) is 10.9.